The van der Waals surface area contributed by atoms with Crippen molar-refractivity contribution in [1.29, 1.82) is 0 Å². The molecule has 168 valence electrons. The summed E-state index contributed by atoms with van der Waals surface area (Å²) in [6.45, 7) is 15.8. The summed E-state index contributed by atoms with van der Waals surface area (Å²) in [5.41, 5.74) is 0. The summed E-state index contributed by atoms with van der Waals surface area (Å²) in [7, 11) is -0.498. The van der Waals surface area contributed by atoms with Gasteiger partial charge in [-0.3, -0.25) is 0 Å². The topological polar surface area (TPSA) is 27.7 Å². The van der Waals surface area contributed by atoms with Crippen LogP contribution in [0.5, 0.6) is 0 Å². The van der Waals surface area contributed by atoms with Crippen molar-refractivity contribution in [1.82, 2.24) is 0 Å². The van der Waals surface area contributed by atoms with E-state index in [9.17, 15) is 0 Å². The van der Waals surface area contributed by atoms with Crippen LogP contribution in [0.15, 0.2) is 0 Å². The lowest BCUT2D eigenvalue weighted by atomic mass is 9.98. The fraction of sp³-hybridized carbons (Fsp3) is 1.00. The molecule has 0 aliphatic carbocycles. The SMILES string of the molecule is CCCC[C@@H](CC)COB(OC[C@H](CC)CCCC)OC[C@H](CC)CCCC. The first-order chi connectivity index (χ1) is 13.6. The summed E-state index contributed by atoms with van der Waals surface area (Å²) in [5, 5.41) is 0. The fourth-order valence-electron chi connectivity index (χ4n) is 3.48. The highest BCUT2D eigenvalue weighted by Crippen LogP contribution is 2.18. The van der Waals surface area contributed by atoms with Crippen molar-refractivity contribution < 1.29 is 14.0 Å². The monoisotopic (exact) mass is 398 g/mol. The smallest absolute Gasteiger partial charge is 0.386 e. The lowest BCUT2D eigenvalue weighted by Gasteiger charge is -2.23. The standard InChI is InChI=1S/C24H51BO3/c1-7-13-16-22(10-4)19-26-25(27-20-23(11-5)17-14-8-2)28-21-24(12-6)18-15-9-3/h22-24H,7-21H2,1-6H3/t22-,23-,24-/m1/s1. The minimum Gasteiger partial charge on any atom is -0.386 e. The minimum absolute atomic E-state index is 0.498. The van der Waals surface area contributed by atoms with E-state index < -0.39 is 7.32 Å². The Balaban J connectivity index is 4.60. The Morgan fingerprint density at radius 1 is 0.500 bits per heavy atom. The first kappa shape index (κ1) is 27.9. The van der Waals surface area contributed by atoms with Gasteiger partial charge in [0.05, 0.1) is 0 Å². The molecule has 0 unspecified atom stereocenters. The van der Waals surface area contributed by atoms with Crippen LogP contribution in [-0.4, -0.2) is 27.1 Å². The highest BCUT2D eigenvalue weighted by molar-refractivity contribution is 6.36. The van der Waals surface area contributed by atoms with Crippen LogP contribution in [0.3, 0.4) is 0 Å². The van der Waals surface area contributed by atoms with Crippen LogP contribution in [0, 0.1) is 17.8 Å². The molecular formula is C24H51BO3. The predicted octanol–water partition coefficient (Wildman–Crippen LogP) is 7.67. The molecule has 0 radical (unpaired) electrons. The van der Waals surface area contributed by atoms with Gasteiger partial charge in [-0.15, -0.1) is 0 Å². The molecule has 0 spiro atoms. The first-order valence-corrected chi connectivity index (χ1v) is 12.5. The van der Waals surface area contributed by atoms with Gasteiger partial charge in [0.1, 0.15) is 0 Å². The molecule has 28 heavy (non-hydrogen) atoms. The van der Waals surface area contributed by atoms with Crippen LogP contribution in [0.1, 0.15) is 119 Å². The molecule has 0 aromatic rings. The van der Waals surface area contributed by atoms with Crippen molar-refractivity contribution in [3.05, 3.63) is 0 Å². The zero-order valence-electron chi connectivity index (χ0n) is 20.1. The molecule has 0 bridgehead atoms. The minimum atomic E-state index is -0.498. The quantitative estimate of drug-likeness (QED) is 0.186. The van der Waals surface area contributed by atoms with Gasteiger partial charge in [0.25, 0.3) is 0 Å². The molecule has 0 aliphatic heterocycles. The van der Waals surface area contributed by atoms with Gasteiger partial charge in [-0.25, -0.2) is 0 Å². The molecular weight excluding hydrogens is 347 g/mol. The molecule has 0 saturated heterocycles. The molecule has 0 rings (SSSR count). The van der Waals surface area contributed by atoms with Crippen LogP contribution in [0.25, 0.3) is 0 Å². The average molecular weight is 398 g/mol. The Bertz CT molecular complexity index is 267. The van der Waals surface area contributed by atoms with E-state index in [1.54, 1.807) is 0 Å². The second-order valence-corrected chi connectivity index (χ2v) is 8.54. The highest BCUT2D eigenvalue weighted by atomic mass is 16.7. The zero-order chi connectivity index (χ0) is 21.0. The van der Waals surface area contributed by atoms with E-state index in [1.807, 2.05) is 0 Å². The molecule has 4 heteroatoms. The average Bonchev–Trinajstić information content (AvgIpc) is 2.73. The maximum atomic E-state index is 6.15. The summed E-state index contributed by atoms with van der Waals surface area (Å²) in [6.07, 6.45) is 14.8. The normalized spacial score (nSPS) is 14.8. The Morgan fingerprint density at radius 3 is 1.00 bits per heavy atom. The van der Waals surface area contributed by atoms with E-state index >= 15 is 0 Å². The number of unbranched alkanes of at least 4 members (excludes halogenated alkanes) is 3. The zero-order valence-corrected chi connectivity index (χ0v) is 20.1. The Labute approximate surface area is 177 Å². The van der Waals surface area contributed by atoms with Gasteiger partial charge in [0, 0.05) is 19.8 Å². The number of rotatable bonds is 21. The summed E-state index contributed by atoms with van der Waals surface area (Å²) in [5.74, 6) is 1.83. The van der Waals surface area contributed by atoms with E-state index in [1.165, 1.54) is 57.8 Å². The number of hydrogen-bond donors (Lipinski definition) is 0. The second-order valence-electron chi connectivity index (χ2n) is 8.54. The third-order valence-electron chi connectivity index (χ3n) is 6.03. The summed E-state index contributed by atoms with van der Waals surface area (Å²) in [6, 6.07) is 0. The van der Waals surface area contributed by atoms with E-state index in [2.05, 4.69) is 41.5 Å². The maximum absolute atomic E-state index is 6.15. The van der Waals surface area contributed by atoms with E-state index in [0.717, 1.165) is 39.1 Å². The second kappa shape index (κ2) is 20.2. The molecule has 0 fully saturated rings. The van der Waals surface area contributed by atoms with Crippen molar-refractivity contribution in [2.75, 3.05) is 19.8 Å². The van der Waals surface area contributed by atoms with Crippen molar-refractivity contribution in [2.45, 2.75) is 119 Å². The molecule has 0 aromatic heterocycles. The molecule has 3 atom stereocenters. The Morgan fingerprint density at radius 2 is 0.786 bits per heavy atom. The maximum Gasteiger partial charge on any atom is 0.639 e. The molecule has 0 aliphatic rings. The number of hydrogen-bond acceptors (Lipinski definition) is 3. The largest absolute Gasteiger partial charge is 0.639 e. The molecule has 0 heterocycles. The molecule has 0 amide bonds. The van der Waals surface area contributed by atoms with E-state index in [0.29, 0.717) is 17.8 Å². The fourth-order valence-corrected chi connectivity index (χ4v) is 3.48. The third-order valence-corrected chi connectivity index (χ3v) is 6.03. The predicted molar refractivity (Wildman–Crippen MR) is 124 cm³/mol. The molecule has 0 N–H and O–H groups in total. The third kappa shape index (κ3) is 14.9. The molecule has 3 nitrogen and oxygen atoms in total. The van der Waals surface area contributed by atoms with Crippen LogP contribution in [0.4, 0.5) is 0 Å². The van der Waals surface area contributed by atoms with E-state index in [-0.39, 0.29) is 0 Å². The Kier molecular flexibility index (Phi) is 20.2. The Hall–Kier alpha value is -0.0551. The van der Waals surface area contributed by atoms with Gasteiger partial charge < -0.3 is 14.0 Å². The van der Waals surface area contributed by atoms with Crippen LogP contribution in [0.2, 0.25) is 0 Å². The van der Waals surface area contributed by atoms with Crippen molar-refractivity contribution in [3.63, 3.8) is 0 Å². The van der Waals surface area contributed by atoms with Crippen molar-refractivity contribution >= 4 is 7.32 Å². The van der Waals surface area contributed by atoms with Gasteiger partial charge in [-0.2, -0.15) is 0 Å². The van der Waals surface area contributed by atoms with Crippen LogP contribution < -0.4 is 0 Å². The van der Waals surface area contributed by atoms with Gasteiger partial charge >= 0.3 is 7.32 Å². The van der Waals surface area contributed by atoms with Gasteiger partial charge in [-0.1, -0.05) is 99.3 Å². The summed E-state index contributed by atoms with van der Waals surface area (Å²) >= 11 is 0. The summed E-state index contributed by atoms with van der Waals surface area (Å²) < 4.78 is 18.4. The summed E-state index contributed by atoms with van der Waals surface area (Å²) in [4.78, 5) is 0. The molecule has 0 aromatic carbocycles. The van der Waals surface area contributed by atoms with Gasteiger partial charge in [0.2, 0.25) is 0 Å². The first-order valence-electron chi connectivity index (χ1n) is 12.5. The van der Waals surface area contributed by atoms with Gasteiger partial charge in [0.15, 0.2) is 0 Å². The van der Waals surface area contributed by atoms with E-state index in [4.69, 9.17) is 14.0 Å². The van der Waals surface area contributed by atoms with Crippen LogP contribution >= 0.6 is 0 Å². The van der Waals surface area contributed by atoms with Crippen molar-refractivity contribution in [2.24, 2.45) is 17.8 Å². The lowest BCUT2D eigenvalue weighted by molar-refractivity contribution is 0.0534. The lowest BCUT2D eigenvalue weighted by Crippen LogP contribution is -2.33. The van der Waals surface area contributed by atoms with Crippen LogP contribution in [-0.2, 0) is 14.0 Å². The highest BCUT2D eigenvalue weighted by Gasteiger charge is 2.25. The molecule has 0 saturated carbocycles. The van der Waals surface area contributed by atoms with Crippen molar-refractivity contribution in [3.8, 4) is 0 Å². The van der Waals surface area contributed by atoms with Gasteiger partial charge in [-0.05, 0) is 37.0 Å².